The Bertz CT molecular complexity index is 1020. The maximum Gasteiger partial charge on any atom is 0.306 e. The molecule has 1 amide bonds. The molecule has 148 valence electrons. The van der Waals surface area contributed by atoms with E-state index in [2.05, 4.69) is 20.4 Å². The van der Waals surface area contributed by atoms with Crippen molar-refractivity contribution in [3.05, 3.63) is 48.5 Å². The van der Waals surface area contributed by atoms with E-state index >= 15 is 0 Å². The first-order valence-electron chi connectivity index (χ1n) is 8.76. The number of carbonyl (C=O) groups is 2. The summed E-state index contributed by atoms with van der Waals surface area (Å²) in [5, 5.41) is 6.45. The fourth-order valence-corrected chi connectivity index (χ4v) is 2.55. The van der Waals surface area contributed by atoms with Crippen molar-refractivity contribution in [3.63, 3.8) is 0 Å². The molecule has 4 rings (SSSR count). The second-order valence-electron chi connectivity index (χ2n) is 6.00. The van der Waals surface area contributed by atoms with Crippen molar-refractivity contribution in [1.82, 2.24) is 15.1 Å². The molecule has 0 atom stereocenters. The van der Waals surface area contributed by atoms with Gasteiger partial charge in [0, 0.05) is 24.4 Å². The Kier molecular flexibility index (Phi) is 5.32. The molecule has 0 saturated heterocycles. The molecule has 0 fully saturated rings. The molecule has 0 radical (unpaired) electrons. The summed E-state index contributed by atoms with van der Waals surface area (Å²) < 4.78 is 20.5. The minimum atomic E-state index is -0.552. The number of benzene rings is 1. The van der Waals surface area contributed by atoms with Gasteiger partial charge in [-0.25, -0.2) is 0 Å². The van der Waals surface area contributed by atoms with Gasteiger partial charge in [-0.15, -0.1) is 0 Å². The van der Waals surface area contributed by atoms with Gasteiger partial charge in [-0.1, -0.05) is 11.2 Å². The zero-order valence-electron chi connectivity index (χ0n) is 15.2. The number of aryl methyl sites for hydroxylation is 1. The quantitative estimate of drug-likeness (QED) is 0.597. The number of amides is 1. The molecule has 0 spiro atoms. The van der Waals surface area contributed by atoms with E-state index in [4.69, 9.17) is 18.7 Å². The number of carbonyl (C=O) groups excluding carboxylic acids is 2. The molecule has 10 heteroatoms. The summed E-state index contributed by atoms with van der Waals surface area (Å²) in [5.41, 5.74) is 1.09. The number of pyridine rings is 1. The normalized spacial score (nSPS) is 11.9. The molecular weight excluding hydrogens is 380 g/mol. The standard InChI is InChI=1S/C19H16N4O6/c24-16(21-12-4-5-14-15(9-12)28-11-27-14)10-26-18(25)7-6-17-22-19(23-29-17)13-3-1-2-8-20-13/h1-5,8-9H,6-7,10-11H2,(H,21,24). The first kappa shape index (κ1) is 18.4. The average Bonchev–Trinajstić information content (AvgIpc) is 3.40. The topological polar surface area (TPSA) is 126 Å². The van der Waals surface area contributed by atoms with Crippen LogP contribution in [0.4, 0.5) is 5.69 Å². The zero-order valence-corrected chi connectivity index (χ0v) is 15.2. The van der Waals surface area contributed by atoms with Gasteiger partial charge in [0.15, 0.2) is 18.1 Å². The minimum absolute atomic E-state index is 0.00115. The highest BCUT2D eigenvalue weighted by Gasteiger charge is 2.16. The van der Waals surface area contributed by atoms with Crippen molar-refractivity contribution >= 4 is 17.6 Å². The van der Waals surface area contributed by atoms with Gasteiger partial charge >= 0.3 is 5.97 Å². The van der Waals surface area contributed by atoms with Crippen LogP contribution in [0.5, 0.6) is 11.5 Å². The fourth-order valence-electron chi connectivity index (χ4n) is 2.55. The SMILES string of the molecule is O=C(COC(=O)CCc1nc(-c2ccccn2)no1)Nc1ccc2c(c1)OCO2. The Labute approximate surface area is 164 Å². The number of ether oxygens (including phenoxy) is 3. The lowest BCUT2D eigenvalue weighted by Crippen LogP contribution is -2.21. The predicted molar refractivity (Wildman–Crippen MR) is 98.0 cm³/mol. The summed E-state index contributed by atoms with van der Waals surface area (Å²) >= 11 is 0. The van der Waals surface area contributed by atoms with Crippen LogP contribution in [0.2, 0.25) is 0 Å². The van der Waals surface area contributed by atoms with Crippen molar-refractivity contribution in [2.24, 2.45) is 0 Å². The van der Waals surface area contributed by atoms with Crippen LogP contribution in [-0.2, 0) is 20.7 Å². The molecule has 0 saturated carbocycles. The number of hydrogen-bond donors (Lipinski definition) is 1. The second-order valence-corrected chi connectivity index (χ2v) is 6.00. The number of esters is 1. The van der Waals surface area contributed by atoms with Gasteiger partial charge in [0.25, 0.3) is 5.91 Å². The van der Waals surface area contributed by atoms with Crippen LogP contribution >= 0.6 is 0 Å². The molecule has 0 bridgehead atoms. The summed E-state index contributed by atoms with van der Waals surface area (Å²) in [4.78, 5) is 32.1. The van der Waals surface area contributed by atoms with Crippen LogP contribution in [0, 0.1) is 0 Å². The van der Waals surface area contributed by atoms with E-state index in [9.17, 15) is 9.59 Å². The lowest BCUT2D eigenvalue weighted by atomic mass is 10.3. The molecule has 10 nitrogen and oxygen atoms in total. The number of anilines is 1. The molecule has 2 aromatic heterocycles. The van der Waals surface area contributed by atoms with Crippen LogP contribution in [0.1, 0.15) is 12.3 Å². The summed E-state index contributed by atoms with van der Waals surface area (Å²) in [6.45, 7) is -0.260. The Hall–Kier alpha value is -3.95. The zero-order chi connectivity index (χ0) is 20.1. The first-order chi connectivity index (χ1) is 14.2. The van der Waals surface area contributed by atoms with Gasteiger partial charge in [-0.3, -0.25) is 14.6 Å². The molecule has 0 aliphatic carbocycles. The Morgan fingerprint density at radius 2 is 2.03 bits per heavy atom. The van der Waals surface area contributed by atoms with Crippen LogP contribution in [0.25, 0.3) is 11.5 Å². The molecule has 1 aliphatic heterocycles. The number of nitrogens with one attached hydrogen (secondary N) is 1. The van der Waals surface area contributed by atoms with Crippen LogP contribution < -0.4 is 14.8 Å². The lowest BCUT2D eigenvalue weighted by Gasteiger charge is -2.07. The van der Waals surface area contributed by atoms with Crippen molar-refractivity contribution in [2.75, 3.05) is 18.7 Å². The Morgan fingerprint density at radius 1 is 1.14 bits per heavy atom. The van der Waals surface area contributed by atoms with Crippen molar-refractivity contribution in [3.8, 4) is 23.0 Å². The van der Waals surface area contributed by atoms with Gasteiger partial charge < -0.3 is 24.1 Å². The average molecular weight is 396 g/mol. The third kappa shape index (κ3) is 4.67. The van der Waals surface area contributed by atoms with Gasteiger partial charge in [0.05, 0.1) is 6.42 Å². The summed E-state index contributed by atoms with van der Waals surface area (Å²) in [5.74, 6) is 0.770. The van der Waals surface area contributed by atoms with Crippen molar-refractivity contribution in [1.29, 1.82) is 0 Å². The van der Waals surface area contributed by atoms with E-state index < -0.39 is 18.5 Å². The number of nitrogens with zero attached hydrogens (tertiary/aromatic N) is 3. The van der Waals surface area contributed by atoms with Crippen LogP contribution in [-0.4, -0.2) is 40.4 Å². The number of aromatic nitrogens is 3. The van der Waals surface area contributed by atoms with Crippen molar-refractivity contribution < 1.29 is 28.3 Å². The maximum absolute atomic E-state index is 11.9. The van der Waals surface area contributed by atoms with E-state index in [1.54, 1.807) is 36.5 Å². The van der Waals surface area contributed by atoms with E-state index in [-0.39, 0.29) is 25.5 Å². The van der Waals surface area contributed by atoms with Gasteiger partial charge in [-0.2, -0.15) is 4.98 Å². The first-order valence-corrected chi connectivity index (χ1v) is 8.76. The molecule has 3 aromatic rings. The summed E-state index contributed by atoms with van der Waals surface area (Å²) in [6, 6.07) is 10.3. The second kappa shape index (κ2) is 8.38. The van der Waals surface area contributed by atoms with E-state index in [1.165, 1.54) is 0 Å². The molecule has 1 aliphatic rings. The minimum Gasteiger partial charge on any atom is -0.456 e. The number of rotatable bonds is 7. The van der Waals surface area contributed by atoms with Gasteiger partial charge in [0.2, 0.25) is 18.5 Å². The molecule has 0 unspecified atom stereocenters. The van der Waals surface area contributed by atoms with Crippen LogP contribution in [0.3, 0.4) is 0 Å². The molecule has 3 heterocycles. The number of fused-ring (bicyclic) bond motifs is 1. The highest BCUT2D eigenvalue weighted by molar-refractivity contribution is 5.93. The summed E-state index contributed by atoms with van der Waals surface area (Å²) in [7, 11) is 0. The van der Waals surface area contributed by atoms with Gasteiger partial charge in [-0.05, 0) is 24.3 Å². The lowest BCUT2D eigenvalue weighted by molar-refractivity contribution is -0.147. The highest BCUT2D eigenvalue weighted by Crippen LogP contribution is 2.34. The highest BCUT2D eigenvalue weighted by atomic mass is 16.7. The van der Waals surface area contributed by atoms with Crippen LogP contribution in [0.15, 0.2) is 47.1 Å². The molecule has 1 N–H and O–H groups in total. The molecule has 29 heavy (non-hydrogen) atoms. The maximum atomic E-state index is 11.9. The Balaban J connectivity index is 1.21. The monoisotopic (exact) mass is 396 g/mol. The molecule has 1 aromatic carbocycles. The molecular formula is C19H16N4O6. The van der Waals surface area contributed by atoms with E-state index in [1.807, 2.05) is 6.07 Å². The van der Waals surface area contributed by atoms with E-state index in [0.29, 0.717) is 28.7 Å². The third-order valence-corrected chi connectivity index (χ3v) is 3.93. The number of hydrogen-bond acceptors (Lipinski definition) is 9. The third-order valence-electron chi connectivity index (χ3n) is 3.93. The fraction of sp³-hybridized carbons (Fsp3) is 0.211. The predicted octanol–water partition coefficient (Wildman–Crippen LogP) is 1.97. The van der Waals surface area contributed by atoms with E-state index in [0.717, 1.165) is 0 Å². The van der Waals surface area contributed by atoms with Gasteiger partial charge in [0.1, 0.15) is 5.69 Å². The van der Waals surface area contributed by atoms with Crippen molar-refractivity contribution in [2.45, 2.75) is 12.8 Å². The summed E-state index contributed by atoms with van der Waals surface area (Å²) in [6.07, 6.45) is 1.82. The smallest absolute Gasteiger partial charge is 0.306 e. The largest absolute Gasteiger partial charge is 0.456 e. The Morgan fingerprint density at radius 3 is 2.90 bits per heavy atom.